The summed E-state index contributed by atoms with van der Waals surface area (Å²) in [4.78, 5) is 25.6. The predicted octanol–water partition coefficient (Wildman–Crippen LogP) is 0.635. The standard InChI is InChI=1S/C16H23N3O3/c1-16(2)11-19(8-7-18-16)14(20)10-22-13-6-4-5-12(9-13)15(21)17-3/h4-6,9,18H,7-8,10-11H2,1-3H3,(H,17,21). The van der Waals surface area contributed by atoms with Gasteiger partial charge in [0, 0.05) is 37.8 Å². The molecule has 0 aliphatic carbocycles. The van der Waals surface area contributed by atoms with Gasteiger partial charge in [0.15, 0.2) is 6.61 Å². The fraction of sp³-hybridized carbons (Fsp3) is 0.500. The SMILES string of the molecule is CNC(=O)c1cccc(OCC(=O)N2CCNC(C)(C)C2)c1. The first-order valence-corrected chi connectivity index (χ1v) is 7.39. The van der Waals surface area contributed by atoms with E-state index in [2.05, 4.69) is 24.5 Å². The van der Waals surface area contributed by atoms with E-state index >= 15 is 0 Å². The molecule has 0 aromatic heterocycles. The van der Waals surface area contributed by atoms with Crippen LogP contribution in [0.5, 0.6) is 5.75 Å². The summed E-state index contributed by atoms with van der Waals surface area (Å²) in [5.41, 5.74) is 0.434. The van der Waals surface area contributed by atoms with E-state index in [1.165, 1.54) is 0 Å². The molecule has 2 amide bonds. The van der Waals surface area contributed by atoms with Gasteiger partial charge in [-0.05, 0) is 32.0 Å². The van der Waals surface area contributed by atoms with Crippen molar-refractivity contribution >= 4 is 11.8 Å². The van der Waals surface area contributed by atoms with Crippen molar-refractivity contribution in [3.05, 3.63) is 29.8 Å². The molecule has 1 aromatic carbocycles. The number of piperazine rings is 1. The molecule has 1 fully saturated rings. The molecule has 0 spiro atoms. The Morgan fingerprint density at radius 3 is 2.86 bits per heavy atom. The number of amides is 2. The van der Waals surface area contributed by atoms with E-state index in [1.807, 2.05) is 0 Å². The number of benzene rings is 1. The van der Waals surface area contributed by atoms with Crippen LogP contribution >= 0.6 is 0 Å². The fourth-order valence-electron chi connectivity index (χ4n) is 2.46. The van der Waals surface area contributed by atoms with E-state index in [4.69, 9.17) is 4.74 Å². The maximum Gasteiger partial charge on any atom is 0.260 e. The van der Waals surface area contributed by atoms with Gasteiger partial charge in [0.05, 0.1) is 0 Å². The van der Waals surface area contributed by atoms with Gasteiger partial charge in [0.1, 0.15) is 5.75 Å². The minimum atomic E-state index is -0.180. The van der Waals surface area contributed by atoms with Gasteiger partial charge >= 0.3 is 0 Å². The Bertz CT molecular complexity index is 557. The van der Waals surface area contributed by atoms with Gasteiger partial charge in [-0.1, -0.05) is 6.07 Å². The monoisotopic (exact) mass is 305 g/mol. The first-order valence-electron chi connectivity index (χ1n) is 7.39. The largest absolute Gasteiger partial charge is 0.484 e. The van der Waals surface area contributed by atoms with Crippen LogP contribution in [0.15, 0.2) is 24.3 Å². The molecule has 1 aliphatic rings. The van der Waals surface area contributed by atoms with Crippen molar-refractivity contribution in [2.75, 3.05) is 33.3 Å². The van der Waals surface area contributed by atoms with Crippen molar-refractivity contribution in [3.63, 3.8) is 0 Å². The van der Waals surface area contributed by atoms with Crippen LogP contribution in [0.1, 0.15) is 24.2 Å². The number of nitrogens with zero attached hydrogens (tertiary/aromatic N) is 1. The molecule has 1 aromatic rings. The average molecular weight is 305 g/mol. The first-order chi connectivity index (χ1) is 10.4. The molecular formula is C16H23N3O3. The molecule has 22 heavy (non-hydrogen) atoms. The van der Waals surface area contributed by atoms with Gasteiger partial charge in [0.25, 0.3) is 11.8 Å². The smallest absolute Gasteiger partial charge is 0.260 e. The lowest BCUT2D eigenvalue weighted by molar-refractivity contribution is -0.135. The van der Waals surface area contributed by atoms with Crippen molar-refractivity contribution in [2.45, 2.75) is 19.4 Å². The van der Waals surface area contributed by atoms with Gasteiger partial charge in [0.2, 0.25) is 0 Å². The summed E-state index contributed by atoms with van der Waals surface area (Å²) in [6, 6.07) is 6.81. The molecule has 0 bridgehead atoms. The van der Waals surface area contributed by atoms with Gasteiger partial charge in [-0.25, -0.2) is 0 Å². The van der Waals surface area contributed by atoms with Crippen molar-refractivity contribution in [1.29, 1.82) is 0 Å². The number of nitrogens with one attached hydrogen (secondary N) is 2. The van der Waals surface area contributed by atoms with Crippen LogP contribution < -0.4 is 15.4 Å². The third kappa shape index (κ3) is 4.21. The van der Waals surface area contributed by atoms with Gasteiger partial charge in [-0.2, -0.15) is 0 Å². The summed E-state index contributed by atoms with van der Waals surface area (Å²) < 4.78 is 5.53. The number of hydrogen-bond donors (Lipinski definition) is 2. The molecule has 1 saturated heterocycles. The maximum absolute atomic E-state index is 12.2. The Morgan fingerprint density at radius 1 is 1.41 bits per heavy atom. The molecule has 1 heterocycles. The van der Waals surface area contributed by atoms with Crippen LogP contribution in [0.2, 0.25) is 0 Å². The number of hydrogen-bond acceptors (Lipinski definition) is 4. The quantitative estimate of drug-likeness (QED) is 0.856. The summed E-state index contributed by atoms with van der Waals surface area (Å²) in [5, 5.41) is 5.92. The highest BCUT2D eigenvalue weighted by molar-refractivity contribution is 5.94. The topological polar surface area (TPSA) is 70.7 Å². The molecule has 0 saturated carbocycles. The summed E-state index contributed by atoms with van der Waals surface area (Å²) in [6.07, 6.45) is 0. The second-order valence-corrected chi connectivity index (χ2v) is 6.02. The third-order valence-electron chi connectivity index (χ3n) is 3.61. The zero-order valence-electron chi connectivity index (χ0n) is 13.3. The van der Waals surface area contributed by atoms with Gasteiger partial charge in [-0.3, -0.25) is 9.59 Å². The Hall–Kier alpha value is -2.08. The predicted molar refractivity (Wildman–Crippen MR) is 84.0 cm³/mol. The molecular weight excluding hydrogens is 282 g/mol. The molecule has 6 nitrogen and oxygen atoms in total. The number of rotatable bonds is 4. The van der Waals surface area contributed by atoms with Crippen molar-refractivity contribution in [1.82, 2.24) is 15.5 Å². The molecule has 2 N–H and O–H groups in total. The van der Waals surface area contributed by atoms with Crippen LogP contribution in [0.3, 0.4) is 0 Å². The lowest BCUT2D eigenvalue weighted by atomic mass is 10.0. The van der Waals surface area contributed by atoms with Crippen molar-refractivity contribution < 1.29 is 14.3 Å². The molecule has 120 valence electrons. The van der Waals surface area contributed by atoms with E-state index in [0.717, 1.165) is 6.54 Å². The van der Waals surface area contributed by atoms with Gasteiger partial charge < -0.3 is 20.3 Å². The lowest BCUT2D eigenvalue weighted by Gasteiger charge is -2.39. The Morgan fingerprint density at radius 2 is 2.18 bits per heavy atom. The van der Waals surface area contributed by atoms with E-state index in [0.29, 0.717) is 24.4 Å². The van der Waals surface area contributed by atoms with E-state index < -0.39 is 0 Å². The van der Waals surface area contributed by atoms with Crippen molar-refractivity contribution in [2.24, 2.45) is 0 Å². The third-order valence-corrected chi connectivity index (χ3v) is 3.61. The Balaban J connectivity index is 1.92. The van der Waals surface area contributed by atoms with Crippen LogP contribution in [-0.2, 0) is 4.79 Å². The zero-order chi connectivity index (χ0) is 16.2. The van der Waals surface area contributed by atoms with Crippen LogP contribution in [-0.4, -0.2) is 55.5 Å². The van der Waals surface area contributed by atoms with Crippen LogP contribution in [0.25, 0.3) is 0 Å². The zero-order valence-corrected chi connectivity index (χ0v) is 13.3. The Labute approximate surface area is 130 Å². The second kappa shape index (κ2) is 6.79. The minimum Gasteiger partial charge on any atom is -0.484 e. The van der Waals surface area contributed by atoms with E-state index in [1.54, 1.807) is 36.2 Å². The summed E-state index contributed by atoms with van der Waals surface area (Å²) in [5.74, 6) is 0.296. The molecule has 6 heteroatoms. The average Bonchev–Trinajstić information content (AvgIpc) is 2.51. The first kappa shape index (κ1) is 16.3. The van der Waals surface area contributed by atoms with Gasteiger partial charge in [-0.15, -0.1) is 0 Å². The highest BCUT2D eigenvalue weighted by Crippen LogP contribution is 2.14. The molecule has 1 aliphatic heterocycles. The number of carbonyl (C=O) groups excluding carboxylic acids is 2. The summed E-state index contributed by atoms with van der Waals surface area (Å²) in [7, 11) is 1.57. The highest BCUT2D eigenvalue weighted by Gasteiger charge is 2.28. The highest BCUT2D eigenvalue weighted by atomic mass is 16.5. The Kier molecular flexibility index (Phi) is 5.03. The molecule has 0 atom stereocenters. The minimum absolute atomic E-state index is 0.0206. The fourth-order valence-corrected chi connectivity index (χ4v) is 2.46. The molecule has 0 radical (unpaired) electrons. The summed E-state index contributed by atoms with van der Waals surface area (Å²) >= 11 is 0. The van der Waals surface area contributed by atoms with Crippen LogP contribution in [0.4, 0.5) is 0 Å². The molecule has 2 rings (SSSR count). The number of carbonyl (C=O) groups is 2. The van der Waals surface area contributed by atoms with E-state index in [-0.39, 0.29) is 24.0 Å². The second-order valence-electron chi connectivity index (χ2n) is 6.02. The molecule has 0 unspecified atom stereocenters. The number of ether oxygens (including phenoxy) is 1. The maximum atomic E-state index is 12.2. The summed E-state index contributed by atoms with van der Waals surface area (Å²) in [6.45, 7) is 6.25. The van der Waals surface area contributed by atoms with Crippen molar-refractivity contribution in [3.8, 4) is 5.75 Å². The lowest BCUT2D eigenvalue weighted by Crippen LogP contribution is -2.59. The normalized spacial score (nSPS) is 17.0. The van der Waals surface area contributed by atoms with E-state index in [9.17, 15) is 9.59 Å². The van der Waals surface area contributed by atoms with Crippen LogP contribution in [0, 0.1) is 0 Å².